The first kappa shape index (κ1) is 11.2. The van der Waals surface area contributed by atoms with Crippen LogP contribution in [0.3, 0.4) is 0 Å². The number of aliphatic hydroxyl groups excluding tert-OH is 1. The van der Waals surface area contributed by atoms with Crippen LogP contribution < -0.4 is 4.74 Å². The van der Waals surface area contributed by atoms with Gasteiger partial charge in [-0.2, -0.15) is 0 Å². The molecule has 0 spiro atoms. The van der Waals surface area contributed by atoms with Gasteiger partial charge in [0.2, 0.25) is 0 Å². The Labute approximate surface area is 102 Å². The lowest BCUT2D eigenvalue weighted by Gasteiger charge is -2.14. The van der Waals surface area contributed by atoms with Crippen molar-refractivity contribution >= 4 is 15.9 Å². The molecule has 1 aromatic heterocycles. The molecule has 0 fully saturated rings. The van der Waals surface area contributed by atoms with E-state index in [9.17, 15) is 5.11 Å². The molecular weight excluding hydrogens is 272 g/mol. The van der Waals surface area contributed by atoms with Crippen LogP contribution in [0.15, 0.2) is 51.6 Å². The fraction of sp³-hybridized carbons (Fsp3) is 0.167. The fourth-order valence-electron chi connectivity index (χ4n) is 1.35. The number of hydrogen-bond acceptors (Lipinski definition) is 3. The summed E-state index contributed by atoms with van der Waals surface area (Å²) in [6, 6.07) is 12.9. The molecule has 3 nitrogen and oxygen atoms in total. The lowest BCUT2D eigenvalue weighted by molar-refractivity contribution is 0.0972. The fourth-order valence-corrected chi connectivity index (χ4v) is 1.67. The van der Waals surface area contributed by atoms with Gasteiger partial charge in [0.05, 0.1) is 6.61 Å². The molecule has 0 saturated heterocycles. The van der Waals surface area contributed by atoms with Crippen LogP contribution >= 0.6 is 15.9 Å². The van der Waals surface area contributed by atoms with Gasteiger partial charge in [0, 0.05) is 0 Å². The van der Waals surface area contributed by atoms with Gasteiger partial charge in [-0.25, -0.2) is 0 Å². The summed E-state index contributed by atoms with van der Waals surface area (Å²) in [5, 5.41) is 9.25. The number of ether oxygens (including phenoxy) is 1. The van der Waals surface area contributed by atoms with Crippen LogP contribution in [0.25, 0.3) is 0 Å². The summed E-state index contributed by atoms with van der Waals surface area (Å²) in [7, 11) is 0. The maximum absolute atomic E-state index is 9.25. The standard InChI is InChI=1S/C12H11BrO3/c13-12-7-6-10(16-12)11(8-14)15-9-4-2-1-3-5-9/h1-7,11,14H,8H2. The summed E-state index contributed by atoms with van der Waals surface area (Å²) in [6.07, 6.45) is -0.478. The van der Waals surface area contributed by atoms with E-state index in [-0.39, 0.29) is 6.61 Å². The molecule has 0 aliphatic carbocycles. The molecular formula is C12H11BrO3. The van der Waals surface area contributed by atoms with Crippen LogP contribution in [-0.2, 0) is 0 Å². The average Bonchev–Trinajstić information content (AvgIpc) is 2.74. The highest BCUT2D eigenvalue weighted by Crippen LogP contribution is 2.25. The van der Waals surface area contributed by atoms with E-state index in [4.69, 9.17) is 9.15 Å². The predicted octanol–water partition coefficient (Wildman–Crippen LogP) is 3.15. The molecule has 84 valence electrons. The van der Waals surface area contributed by atoms with Crippen molar-refractivity contribution in [2.45, 2.75) is 6.10 Å². The molecule has 2 aromatic rings. The minimum Gasteiger partial charge on any atom is -0.480 e. The second-order valence-electron chi connectivity index (χ2n) is 3.24. The van der Waals surface area contributed by atoms with Gasteiger partial charge in [-0.3, -0.25) is 0 Å². The van der Waals surface area contributed by atoms with E-state index in [2.05, 4.69) is 15.9 Å². The Bertz CT molecular complexity index is 439. The van der Waals surface area contributed by atoms with Crippen molar-refractivity contribution < 1.29 is 14.3 Å². The van der Waals surface area contributed by atoms with Crippen LogP contribution in [0.5, 0.6) is 5.75 Å². The predicted molar refractivity (Wildman–Crippen MR) is 63.3 cm³/mol. The molecule has 0 aliphatic rings. The van der Waals surface area contributed by atoms with Crippen LogP contribution in [0.2, 0.25) is 0 Å². The van der Waals surface area contributed by atoms with Gasteiger partial charge in [0.25, 0.3) is 0 Å². The van der Waals surface area contributed by atoms with E-state index < -0.39 is 6.10 Å². The highest BCUT2D eigenvalue weighted by atomic mass is 79.9. The van der Waals surface area contributed by atoms with Gasteiger partial charge >= 0.3 is 0 Å². The lowest BCUT2D eigenvalue weighted by atomic mass is 10.3. The van der Waals surface area contributed by atoms with Crippen molar-refractivity contribution in [3.05, 3.63) is 52.9 Å². The highest BCUT2D eigenvalue weighted by molar-refractivity contribution is 9.10. The summed E-state index contributed by atoms with van der Waals surface area (Å²) >= 11 is 3.21. The third-order valence-electron chi connectivity index (χ3n) is 2.10. The quantitative estimate of drug-likeness (QED) is 0.937. The molecule has 1 unspecified atom stereocenters. The minimum atomic E-state index is -0.478. The molecule has 0 saturated carbocycles. The Kier molecular flexibility index (Phi) is 3.64. The van der Waals surface area contributed by atoms with Crippen LogP contribution in [0, 0.1) is 0 Å². The smallest absolute Gasteiger partial charge is 0.179 e. The van der Waals surface area contributed by atoms with E-state index in [1.54, 1.807) is 12.1 Å². The van der Waals surface area contributed by atoms with E-state index in [1.807, 2.05) is 30.3 Å². The Hall–Kier alpha value is -1.26. The Morgan fingerprint density at radius 2 is 1.94 bits per heavy atom. The normalized spacial score (nSPS) is 12.4. The molecule has 0 amide bonds. The summed E-state index contributed by atoms with van der Waals surface area (Å²) in [5.41, 5.74) is 0. The minimum absolute atomic E-state index is 0.130. The van der Waals surface area contributed by atoms with Gasteiger partial charge in [-0.1, -0.05) is 18.2 Å². The third kappa shape index (κ3) is 2.65. The van der Waals surface area contributed by atoms with Gasteiger partial charge in [-0.15, -0.1) is 0 Å². The van der Waals surface area contributed by atoms with E-state index in [0.717, 1.165) is 0 Å². The second-order valence-corrected chi connectivity index (χ2v) is 4.03. The molecule has 4 heteroatoms. The summed E-state index contributed by atoms with van der Waals surface area (Å²) in [5.74, 6) is 1.30. The maximum atomic E-state index is 9.25. The number of rotatable bonds is 4. The van der Waals surface area contributed by atoms with E-state index in [1.165, 1.54) is 0 Å². The first-order valence-electron chi connectivity index (χ1n) is 4.87. The van der Waals surface area contributed by atoms with Crippen LogP contribution in [0.1, 0.15) is 11.9 Å². The lowest BCUT2D eigenvalue weighted by Crippen LogP contribution is -2.10. The Balaban J connectivity index is 2.12. The SMILES string of the molecule is OCC(Oc1ccccc1)c1ccc(Br)o1. The number of furan rings is 1. The third-order valence-corrected chi connectivity index (χ3v) is 2.52. The van der Waals surface area contributed by atoms with Crippen molar-refractivity contribution in [3.63, 3.8) is 0 Å². The number of para-hydroxylation sites is 1. The molecule has 1 aromatic carbocycles. The molecule has 1 atom stereocenters. The van der Waals surface area contributed by atoms with Crippen molar-refractivity contribution in [2.75, 3.05) is 6.61 Å². The van der Waals surface area contributed by atoms with Crippen molar-refractivity contribution in [3.8, 4) is 5.75 Å². The Morgan fingerprint density at radius 1 is 1.19 bits per heavy atom. The molecule has 1 N–H and O–H groups in total. The monoisotopic (exact) mass is 282 g/mol. The Morgan fingerprint density at radius 3 is 2.50 bits per heavy atom. The zero-order valence-electron chi connectivity index (χ0n) is 8.47. The average molecular weight is 283 g/mol. The number of aliphatic hydroxyl groups is 1. The van der Waals surface area contributed by atoms with E-state index >= 15 is 0 Å². The zero-order valence-corrected chi connectivity index (χ0v) is 10.1. The van der Waals surface area contributed by atoms with Gasteiger partial charge in [0.15, 0.2) is 10.8 Å². The zero-order chi connectivity index (χ0) is 11.4. The molecule has 1 heterocycles. The number of benzene rings is 1. The molecule has 2 rings (SSSR count). The molecule has 0 aliphatic heterocycles. The topological polar surface area (TPSA) is 42.6 Å². The van der Waals surface area contributed by atoms with Crippen LogP contribution in [-0.4, -0.2) is 11.7 Å². The number of halogens is 1. The maximum Gasteiger partial charge on any atom is 0.179 e. The van der Waals surface area contributed by atoms with Crippen molar-refractivity contribution in [2.24, 2.45) is 0 Å². The van der Waals surface area contributed by atoms with Crippen molar-refractivity contribution in [1.29, 1.82) is 0 Å². The van der Waals surface area contributed by atoms with Crippen molar-refractivity contribution in [1.82, 2.24) is 0 Å². The summed E-state index contributed by atoms with van der Waals surface area (Å²) in [4.78, 5) is 0. The van der Waals surface area contributed by atoms with E-state index in [0.29, 0.717) is 16.2 Å². The second kappa shape index (κ2) is 5.18. The van der Waals surface area contributed by atoms with Gasteiger partial charge in [-0.05, 0) is 40.2 Å². The van der Waals surface area contributed by atoms with Crippen LogP contribution in [0.4, 0.5) is 0 Å². The summed E-state index contributed by atoms with van der Waals surface area (Å²) < 4.78 is 11.6. The highest BCUT2D eigenvalue weighted by Gasteiger charge is 2.16. The van der Waals surface area contributed by atoms with Gasteiger partial charge in [0.1, 0.15) is 11.5 Å². The molecule has 0 bridgehead atoms. The molecule has 16 heavy (non-hydrogen) atoms. The summed E-state index contributed by atoms with van der Waals surface area (Å²) in [6.45, 7) is -0.130. The molecule has 0 radical (unpaired) electrons. The first-order chi connectivity index (χ1) is 7.79. The number of hydrogen-bond donors (Lipinski definition) is 1. The largest absolute Gasteiger partial charge is 0.480 e. The first-order valence-corrected chi connectivity index (χ1v) is 5.66. The van der Waals surface area contributed by atoms with Gasteiger partial charge < -0.3 is 14.3 Å².